The van der Waals surface area contributed by atoms with Crippen LogP contribution in [0.15, 0.2) is 16.7 Å². The Kier molecular flexibility index (Phi) is 5.80. The highest BCUT2D eigenvalue weighted by molar-refractivity contribution is 5.95. The number of carboxylic acid groups (broad SMARTS) is 1. The molecule has 0 radical (unpaired) electrons. The fourth-order valence-electron chi connectivity index (χ4n) is 2.19. The first kappa shape index (κ1) is 16.3. The van der Waals surface area contributed by atoms with Gasteiger partial charge in [-0.25, -0.2) is 0 Å². The van der Waals surface area contributed by atoms with E-state index in [1.54, 1.807) is 6.07 Å². The minimum Gasteiger partial charge on any atom is -0.481 e. The zero-order valence-corrected chi connectivity index (χ0v) is 12.4. The topological polar surface area (TPSA) is 79.5 Å². The molecule has 0 spiro atoms. The van der Waals surface area contributed by atoms with Gasteiger partial charge >= 0.3 is 5.97 Å². The Balaban J connectivity index is 2.75. The van der Waals surface area contributed by atoms with E-state index in [9.17, 15) is 14.7 Å². The second-order valence-electron chi connectivity index (χ2n) is 4.98. The van der Waals surface area contributed by atoms with E-state index in [0.717, 1.165) is 6.42 Å². The zero-order valence-electron chi connectivity index (χ0n) is 12.4. The molecule has 0 fully saturated rings. The first-order chi connectivity index (χ1) is 9.50. The molecule has 0 bridgehead atoms. The Morgan fingerprint density at radius 1 is 1.30 bits per heavy atom. The lowest BCUT2D eigenvalue weighted by atomic mass is 9.82. The fraction of sp³-hybridized carbons (Fsp3) is 0.600. The number of furan rings is 1. The maximum Gasteiger partial charge on any atom is 0.311 e. The molecular formula is C15H23NO4. The van der Waals surface area contributed by atoms with Gasteiger partial charge < -0.3 is 14.8 Å². The predicted molar refractivity (Wildman–Crippen MR) is 75.7 cm³/mol. The van der Waals surface area contributed by atoms with Gasteiger partial charge in [-0.3, -0.25) is 9.59 Å². The molecule has 1 heterocycles. The molecule has 5 heteroatoms. The number of carbonyl (C=O) groups excluding carboxylic acids is 1. The van der Waals surface area contributed by atoms with Crippen LogP contribution in [0.25, 0.3) is 0 Å². The molecule has 1 aromatic heterocycles. The summed E-state index contributed by atoms with van der Waals surface area (Å²) in [6.45, 7) is 5.78. The van der Waals surface area contributed by atoms with Crippen molar-refractivity contribution in [3.05, 3.63) is 23.7 Å². The number of carboxylic acids is 1. The Bertz CT molecular complexity index is 460. The second kappa shape index (κ2) is 7.12. The Hall–Kier alpha value is -1.78. The molecule has 0 saturated carbocycles. The molecule has 5 nitrogen and oxygen atoms in total. The number of carbonyl (C=O) groups is 2. The maximum atomic E-state index is 12.1. The third kappa shape index (κ3) is 3.40. The van der Waals surface area contributed by atoms with E-state index in [-0.39, 0.29) is 12.5 Å². The van der Waals surface area contributed by atoms with Gasteiger partial charge in [0.2, 0.25) is 0 Å². The molecule has 0 aliphatic rings. The van der Waals surface area contributed by atoms with Gasteiger partial charge in [0.1, 0.15) is 5.76 Å². The number of rotatable bonds is 8. The lowest BCUT2D eigenvalue weighted by Gasteiger charge is -2.26. The molecule has 112 valence electrons. The van der Waals surface area contributed by atoms with Crippen molar-refractivity contribution < 1.29 is 19.1 Å². The van der Waals surface area contributed by atoms with Crippen LogP contribution in [0.3, 0.4) is 0 Å². The van der Waals surface area contributed by atoms with Crippen LogP contribution in [0.2, 0.25) is 0 Å². The fourth-order valence-corrected chi connectivity index (χ4v) is 2.19. The van der Waals surface area contributed by atoms with E-state index in [0.29, 0.717) is 30.6 Å². The minimum absolute atomic E-state index is 0.130. The second-order valence-corrected chi connectivity index (χ2v) is 4.98. The summed E-state index contributed by atoms with van der Waals surface area (Å²) in [5, 5.41) is 12.1. The first-order valence-corrected chi connectivity index (χ1v) is 7.08. The standard InChI is InChI=1S/C15H23NO4/c1-4-7-12-11(8-9-20-12)13(17)16-10-15(5-2,6-3)14(18)19/h8-9H,4-7,10H2,1-3H3,(H,16,17)(H,18,19). The highest BCUT2D eigenvalue weighted by Crippen LogP contribution is 2.26. The van der Waals surface area contributed by atoms with Crippen LogP contribution in [0, 0.1) is 5.41 Å². The van der Waals surface area contributed by atoms with Crippen LogP contribution in [0.4, 0.5) is 0 Å². The van der Waals surface area contributed by atoms with Crippen molar-refractivity contribution in [3.63, 3.8) is 0 Å². The molecular weight excluding hydrogens is 258 g/mol. The molecule has 1 rings (SSSR count). The highest BCUT2D eigenvalue weighted by Gasteiger charge is 2.35. The van der Waals surface area contributed by atoms with Gasteiger partial charge in [0.15, 0.2) is 0 Å². The first-order valence-electron chi connectivity index (χ1n) is 7.08. The largest absolute Gasteiger partial charge is 0.481 e. The van der Waals surface area contributed by atoms with Gasteiger partial charge in [-0.1, -0.05) is 20.8 Å². The quantitative estimate of drug-likeness (QED) is 0.768. The van der Waals surface area contributed by atoms with Gasteiger partial charge in [-0.05, 0) is 25.3 Å². The van der Waals surface area contributed by atoms with Crippen LogP contribution in [-0.2, 0) is 11.2 Å². The monoisotopic (exact) mass is 281 g/mol. The van der Waals surface area contributed by atoms with Crippen LogP contribution in [-0.4, -0.2) is 23.5 Å². The summed E-state index contributed by atoms with van der Waals surface area (Å²) in [4.78, 5) is 23.5. The van der Waals surface area contributed by atoms with Crippen molar-refractivity contribution in [2.24, 2.45) is 5.41 Å². The summed E-state index contributed by atoms with van der Waals surface area (Å²) in [5.41, 5.74) is -0.400. The van der Waals surface area contributed by atoms with Crippen molar-refractivity contribution >= 4 is 11.9 Å². The molecule has 0 atom stereocenters. The molecule has 0 saturated heterocycles. The van der Waals surface area contributed by atoms with Crippen molar-refractivity contribution in [2.75, 3.05) is 6.54 Å². The summed E-state index contributed by atoms with van der Waals surface area (Å²) >= 11 is 0. The van der Waals surface area contributed by atoms with E-state index in [1.165, 1.54) is 6.26 Å². The van der Waals surface area contributed by atoms with E-state index >= 15 is 0 Å². The normalized spacial score (nSPS) is 11.3. The van der Waals surface area contributed by atoms with Crippen LogP contribution in [0.5, 0.6) is 0 Å². The smallest absolute Gasteiger partial charge is 0.311 e. The SMILES string of the molecule is CCCc1occc1C(=O)NCC(CC)(CC)C(=O)O. The lowest BCUT2D eigenvalue weighted by Crippen LogP contribution is -2.42. The summed E-state index contributed by atoms with van der Waals surface area (Å²) in [6.07, 6.45) is 4.03. The van der Waals surface area contributed by atoms with Gasteiger partial charge in [-0.15, -0.1) is 0 Å². The average Bonchev–Trinajstić information content (AvgIpc) is 2.88. The third-order valence-corrected chi connectivity index (χ3v) is 3.86. The van der Waals surface area contributed by atoms with Crippen molar-refractivity contribution in [3.8, 4) is 0 Å². The summed E-state index contributed by atoms with van der Waals surface area (Å²) in [6, 6.07) is 1.63. The summed E-state index contributed by atoms with van der Waals surface area (Å²) < 4.78 is 5.28. The van der Waals surface area contributed by atoms with Crippen molar-refractivity contribution in [1.82, 2.24) is 5.32 Å². The van der Waals surface area contributed by atoms with Crippen molar-refractivity contribution in [1.29, 1.82) is 0 Å². The molecule has 1 amide bonds. The van der Waals surface area contributed by atoms with Crippen LogP contribution in [0.1, 0.15) is 56.2 Å². The zero-order chi connectivity index (χ0) is 15.2. The number of hydrogen-bond acceptors (Lipinski definition) is 3. The predicted octanol–water partition coefficient (Wildman–Crippen LogP) is 2.85. The Morgan fingerprint density at radius 2 is 1.95 bits per heavy atom. The molecule has 0 aliphatic heterocycles. The highest BCUT2D eigenvalue weighted by atomic mass is 16.4. The van der Waals surface area contributed by atoms with E-state index in [2.05, 4.69) is 5.32 Å². The van der Waals surface area contributed by atoms with Crippen LogP contribution >= 0.6 is 0 Å². The lowest BCUT2D eigenvalue weighted by molar-refractivity contribution is -0.149. The Labute approximate surface area is 119 Å². The van der Waals surface area contributed by atoms with E-state index in [4.69, 9.17) is 4.42 Å². The number of aliphatic carboxylic acids is 1. The minimum atomic E-state index is -0.898. The van der Waals surface area contributed by atoms with Gasteiger partial charge in [0, 0.05) is 13.0 Å². The molecule has 20 heavy (non-hydrogen) atoms. The summed E-state index contributed by atoms with van der Waals surface area (Å²) in [5.74, 6) is -0.488. The third-order valence-electron chi connectivity index (χ3n) is 3.86. The number of nitrogens with one attached hydrogen (secondary N) is 1. The average molecular weight is 281 g/mol. The Morgan fingerprint density at radius 3 is 2.45 bits per heavy atom. The van der Waals surface area contributed by atoms with Crippen molar-refractivity contribution in [2.45, 2.75) is 46.5 Å². The van der Waals surface area contributed by atoms with Gasteiger partial charge in [0.05, 0.1) is 17.2 Å². The van der Waals surface area contributed by atoms with E-state index < -0.39 is 11.4 Å². The molecule has 0 aromatic carbocycles. The van der Waals surface area contributed by atoms with Crippen LogP contribution < -0.4 is 5.32 Å². The maximum absolute atomic E-state index is 12.1. The van der Waals surface area contributed by atoms with Gasteiger partial charge in [0.25, 0.3) is 5.91 Å². The molecule has 0 aliphatic carbocycles. The summed E-state index contributed by atoms with van der Waals surface area (Å²) in [7, 11) is 0. The molecule has 0 unspecified atom stereocenters. The number of amides is 1. The van der Waals surface area contributed by atoms with Gasteiger partial charge in [-0.2, -0.15) is 0 Å². The number of hydrogen-bond donors (Lipinski definition) is 2. The molecule has 2 N–H and O–H groups in total. The number of aryl methyl sites for hydroxylation is 1. The van der Waals surface area contributed by atoms with E-state index in [1.807, 2.05) is 20.8 Å². The molecule has 1 aromatic rings.